The summed E-state index contributed by atoms with van der Waals surface area (Å²) in [6.07, 6.45) is 2.40. The number of aliphatic carboxylic acids is 1. The van der Waals surface area contributed by atoms with E-state index >= 15 is 4.79 Å². The first kappa shape index (κ1) is 56.4. The summed E-state index contributed by atoms with van der Waals surface area (Å²) in [7, 11) is 0. The summed E-state index contributed by atoms with van der Waals surface area (Å²) in [6.45, 7) is 9.20. The van der Waals surface area contributed by atoms with E-state index in [0.717, 1.165) is 16.5 Å². The molecule has 0 aliphatic carbocycles. The minimum absolute atomic E-state index is 0.0105. The Kier molecular flexibility index (Phi) is 20.7. The molecule has 0 radical (unpaired) electrons. The molecule has 5 rings (SSSR count). The van der Waals surface area contributed by atoms with Crippen LogP contribution in [0.25, 0.3) is 10.9 Å². The summed E-state index contributed by atoms with van der Waals surface area (Å²) in [5.41, 5.74) is 20.4. The van der Waals surface area contributed by atoms with Crippen LogP contribution in [0.1, 0.15) is 95.5 Å². The number of guanidine groups is 1. The molecule has 0 saturated heterocycles. The number of unbranched alkanes of at least 4 members (excludes halogenated alkanes) is 1. The number of carboxylic acid groups (broad SMARTS) is 1. The summed E-state index contributed by atoms with van der Waals surface area (Å²) in [4.78, 5) is 108. The van der Waals surface area contributed by atoms with Crippen LogP contribution in [0.15, 0.2) is 83.9 Å². The standard InChI is InChI=1S/C53H73N11O9/c1-6-8-20-43(48(68)61-41(52(72)73)27-32-15-10-9-11-16-32)64-29-42-36(35-17-12-13-19-38(35)58-42)28-40(51(64)71)60-50(70)45(31(5)7-2)63-47(67)39(26-33-21-23-34(65)24-22-33)59-49(69)44(30(3)4)62-46(66)37(54)18-14-25-57-53(55)56/h9-13,15-17,19,21-24,30-31,37,39-41,43-45,58,65H,6-8,14,18,20,25-29,54H2,1-5H3,(H,59,69)(H,60,70)(H,61,68)(H,62,66)(H,63,67)(H,72,73)(H4,55,56,57)/t31-,37-,39-,40-,41-,43-,44-,45-/m0/s1. The zero-order valence-corrected chi connectivity index (χ0v) is 42.4. The molecule has 4 aromatic rings. The van der Waals surface area contributed by atoms with Gasteiger partial charge >= 0.3 is 5.97 Å². The Morgan fingerprint density at radius 1 is 0.753 bits per heavy atom. The maximum Gasteiger partial charge on any atom is 0.326 e. The second-order valence-corrected chi connectivity index (χ2v) is 19.2. The van der Waals surface area contributed by atoms with Crippen molar-refractivity contribution in [2.75, 3.05) is 6.54 Å². The normalized spacial score (nSPS) is 16.3. The molecule has 3 aromatic carbocycles. The topological polar surface area (TPSA) is 330 Å². The van der Waals surface area contributed by atoms with Crippen molar-refractivity contribution < 1.29 is 43.8 Å². The third kappa shape index (κ3) is 15.8. The quantitative estimate of drug-likeness (QED) is 0.0246. The molecule has 73 heavy (non-hydrogen) atoms. The van der Waals surface area contributed by atoms with Crippen LogP contribution in [0, 0.1) is 11.8 Å². The summed E-state index contributed by atoms with van der Waals surface area (Å²) >= 11 is 0. The summed E-state index contributed by atoms with van der Waals surface area (Å²) in [6, 6.07) is 14.1. The molecule has 0 fully saturated rings. The van der Waals surface area contributed by atoms with Gasteiger partial charge in [-0.25, -0.2) is 4.79 Å². The minimum Gasteiger partial charge on any atom is -0.508 e. The molecule has 1 aliphatic rings. The number of hydrogen-bond acceptors (Lipinski definition) is 10. The van der Waals surface area contributed by atoms with Crippen molar-refractivity contribution >= 4 is 58.3 Å². The molecule has 0 bridgehead atoms. The van der Waals surface area contributed by atoms with Crippen molar-refractivity contribution in [3.63, 3.8) is 0 Å². The largest absolute Gasteiger partial charge is 0.508 e. The molecular weight excluding hydrogens is 935 g/mol. The third-order valence-electron chi connectivity index (χ3n) is 13.3. The average Bonchev–Trinajstić information content (AvgIpc) is 3.64. The Balaban J connectivity index is 1.44. The van der Waals surface area contributed by atoms with Crippen LogP contribution in [0.3, 0.4) is 0 Å². The molecule has 0 saturated carbocycles. The smallest absolute Gasteiger partial charge is 0.326 e. The summed E-state index contributed by atoms with van der Waals surface area (Å²) in [5, 5.41) is 35.1. The lowest BCUT2D eigenvalue weighted by Gasteiger charge is -2.34. The van der Waals surface area contributed by atoms with E-state index in [0.29, 0.717) is 42.5 Å². The highest BCUT2D eigenvalue weighted by Crippen LogP contribution is 2.30. The maximum atomic E-state index is 15.1. The zero-order valence-electron chi connectivity index (χ0n) is 42.4. The van der Waals surface area contributed by atoms with Crippen LogP contribution in [-0.4, -0.2) is 116 Å². The molecule has 8 atom stereocenters. The first-order valence-corrected chi connectivity index (χ1v) is 25.1. The Morgan fingerprint density at radius 2 is 1.38 bits per heavy atom. The van der Waals surface area contributed by atoms with E-state index in [-0.39, 0.29) is 56.9 Å². The van der Waals surface area contributed by atoms with Gasteiger partial charge in [-0.1, -0.05) is 115 Å². The number of rotatable bonds is 26. The predicted molar refractivity (Wildman–Crippen MR) is 277 cm³/mol. The molecule has 0 spiro atoms. The number of nitrogens with one attached hydrogen (secondary N) is 6. The number of para-hydroxylation sites is 1. The number of aromatic amines is 1. The molecule has 6 amide bonds. The van der Waals surface area contributed by atoms with Crippen molar-refractivity contribution in [1.29, 1.82) is 0 Å². The van der Waals surface area contributed by atoms with Crippen LogP contribution in [0.2, 0.25) is 0 Å². The number of aromatic nitrogens is 1. The first-order chi connectivity index (χ1) is 34.8. The molecule has 20 heteroatoms. The molecule has 1 aliphatic heterocycles. The van der Waals surface area contributed by atoms with Gasteiger partial charge in [0.2, 0.25) is 35.4 Å². The molecule has 394 valence electrons. The SMILES string of the molecule is CCCC[C@@H](C(=O)N[C@@H](Cc1ccccc1)C(=O)O)N1Cc2[nH]c3ccccc3c2C[C@H](NC(=O)[C@@H](NC(=O)[C@H](Cc2ccc(O)cc2)NC(=O)[C@@H](NC(=O)[C@@H](N)CCCN=C(N)N)C(C)C)[C@@H](C)CC)C1=O. The Bertz CT molecular complexity index is 2560. The molecule has 20 nitrogen and oxygen atoms in total. The van der Waals surface area contributed by atoms with Crippen LogP contribution >= 0.6 is 0 Å². The second kappa shape index (κ2) is 26.8. The fourth-order valence-electron chi connectivity index (χ4n) is 8.89. The van der Waals surface area contributed by atoms with Gasteiger partial charge in [0.05, 0.1) is 12.6 Å². The number of nitrogens with zero attached hydrogens (tertiary/aromatic N) is 2. The molecule has 14 N–H and O–H groups in total. The monoisotopic (exact) mass is 1010 g/mol. The van der Waals surface area contributed by atoms with Crippen LogP contribution in [-0.2, 0) is 59.4 Å². The second-order valence-electron chi connectivity index (χ2n) is 19.2. The van der Waals surface area contributed by atoms with Crippen molar-refractivity contribution in [3.05, 3.63) is 101 Å². The maximum absolute atomic E-state index is 15.1. The number of aromatic hydroxyl groups is 1. The van der Waals surface area contributed by atoms with Gasteiger partial charge in [-0.2, -0.15) is 0 Å². The van der Waals surface area contributed by atoms with Gasteiger partial charge in [-0.05, 0) is 66.0 Å². The van der Waals surface area contributed by atoms with E-state index in [1.165, 1.54) is 17.0 Å². The number of phenolic OH excluding ortho intramolecular Hbond substituents is 1. The van der Waals surface area contributed by atoms with Crippen molar-refractivity contribution in [3.8, 4) is 5.75 Å². The highest BCUT2D eigenvalue weighted by Gasteiger charge is 2.41. The minimum atomic E-state index is -1.30. The number of benzene rings is 3. The molecular formula is C53H73N11O9. The van der Waals surface area contributed by atoms with Gasteiger partial charge < -0.3 is 63.9 Å². The number of carbonyl (C=O) groups is 7. The van der Waals surface area contributed by atoms with Crippen molar-refractivity contribution in [1.82, 2.24) is 36.5 Å². The van der Waals surface area contributed by atoms with E-state index in [2.05, 4.69) is 36.6 Å². The number of amides is 6. The number of aliphatic imine (C=N–C) groups is 1. The van der Waals surface area contributed by atoms with Gasteiger partial charge in [0.25, 0.3) is 0 Å². The fourth-order valence-corrected chi connectivity index (χ4v) is 8.89. The van der Waals surface area contributed by atoms with Gasteiger partial charge in [0, 0.05) is 42.4 Å². The van der Waals surface area contributed by atoms with Gasteiger partial charge in [-0.3, -0.25) is 33.8 Å². The molecule has 1 aromatic heterocycles. The van der Waals surface area contributed by atoms with E-state index in [1.54, 1.807) is 63.2 Å². The predicted octanol–water partition coefficient (Wildman–Crippen LogP) is 2.39. The van der Waals surface area contributed by atoms with Crippen molar-refractivity contribution in [2.24, 2.45) is 34.0 Å². The van der Waals surface area contributed by atoms with E-state index in [9.17, 15) is 39.0 Å². The average molecular weight is 1010 g/mol. The highest BCUT2D eigenvalue weighted by atomic mass is 16.4. The van der Waals surface area contributed by atoms with Crippen LogP contribution < -0.4 is 43.8 Å². The number of carboxylic acids is 1. The van der Waals surface area contributed by atoms with E-state index < -0.39 is 95.5 Å². The Labute approximate surface area is 426 Å². The van der Waals surface area contributed by atoms with E-state index in [1.807, 2.05) is 38.1 Å². The lowest BCUT2D eigenvalue weighted by Crippen LogP contribution is -2.61. The number of fused-ring (bicyclic) bond motifs is 3. The number of phenols is 1. The fraction of sp³-hybridized carbons (Fsp3) is 0.472. The summed E-state index contributed by atoms with van der Waals surface area (Å²) in [5.74, 6) is -6.24. The zero-order chi connectivity index (χ0) is 53.4. The lowest BCUT2D eigenvalue weighted by atomic mass is 9.95. The number of carbonyl (C=O) groups excluding carboxylic acids is 6. The Hall–Kier alpha value is -7.48. The van der Waals surface area contributed by atoms with Crippen LogP contribution in [0.4, 0.5) is 0 Å². The number of H-pyrrole nitrogens is 1. The van der Waals surface area contributed by atoms with Gasteiger partial charge in [0.1, 0.15) is 42.0 Å². The molecule has 2 heterocycles. The molecule has 0 unspecified atom stereocenters. The van der Waals surface area contributed by atoms with Crippen LogP contribution in [0.5, 0.6) is 5.75 Å². The first-order valence-electron chi connectivity index (χ1n) is 25.1. The number of hydrogen-bond donors (Lipinski definition) is 11. The summed E-state index contributed by atoms with van der Waals surface area (Å²) < 4.78 is 0. The third-order valence-corrected chi connectivity index (χ3v) is 13.3. The van der Waals surface area contributed by atoms with Crippen molar-refractivity contribution in [2.45, 2.75) is 141 Å². The van der Waals surface area contributed by atoms with E-state index in [4.69, 9.17) is 17.2 Å². The lowest BCUT2D eigenvalue weighted by molar-refractivity contribution is -0.147. The number of nitrogens with two attached hydrogens (primary N) is 3. The highest BCUT2D eigenvalue weighted by molar-refractivity contribution is 5.98. The van der Waals surface area contributed by atoms with Gasteiger partial charge in [0.15, 0.2) is 5.96 Å². The van der Waals surface area contributed by atoms with Gasteiger partial charge in [-0.15, -0.1) is 0 Å². The Morgan fingerprint density at radius 3 is 2.03 bits per heavy atom.